The Hall–Kier alpha value is -2.46. The zero-order chi connectivity index (χ0) is 13.9. The summed E-state index contributed by atoms with van der Waals surface area (Å²) in [6, 6.07) is 18.0. The van der Waals surface area contributed by atoms with Gasteiger partial charge in [-0.05, 0) is 11.3 Å². The molecule has 4 heteroatoms. The van der Waals surface area contributed by atoms with E-state index in [-0.39, 0.29) is 5.78 Å². The highest BCUT2D eigenvalue weighted by Crippen LogP contribution is 2.27. The van der Waals surface area contributed by atoms with E-state index in [9.17, 15) is 9.59 Å². The molecule has 0 fully saturated rings. The maximum Gasteiger partial charge on any atom is 0.396 e. The van der Waals surface area contributed by atoms with Crippen LogP contribution in [0.3, 0.4) is 0 Å². The maximum absolute atomic E-state index is 12.5. The van der Waals surface area contributed by atoms with Gasteiger partial charge in [0.15, 0.2) is 5.76 Å². The fourth-order valence-electron chi connectivity index (χ4n) is 1.93. The van der Waals surface area contributed by atoms with Gasteiger partial charge in [-0.3, -0.25) is 4.79 Å². The minimum atomic E-state index is -0.469. The molecule has 1 heterocycles. The molecule has 0 aliphatic heterocycles. The Morgan fingerprint density at radius 2 is 1.50 bits per heavy atom. The topological polar surface area (TPSA) is 47.3 Å². The third-order valence-corrected chi connectivity index (χ3v) is 3.68. The van der Waals surface area contributed by atoms with Gasteiger partial charge in [0.2, 0.25) is 5.78 Å². The number of ketones is 1. The molecule has 98 valence electrons. The Kier molecular flexibility index (Phi) is 3.31. The van der Waals surface area contributed by atoms with Crippen molar-refractivity contribution in [2.45, 2.75) is 0 Å². The van der Waals surface area contributed by atoms with E-state index in [1.165, 1.54) is 0 Å². The van der Waals surface area contributed by atoms with Gasteiger partial charge in [0, 0.05) is 11.1 Å². The first-order chi connectivity index (χ1) is 9.75. The molecule has 0 aliphatic rings. The van der Waals surface area contributed by atoms with Crippen molar-refractivity contribution in [2.24, 2.45) is 0 Å². The molecule has 0 atom stereocenters. The van der Waals surface area contributed by atoms with Gasteiger partial charge < -0.3 is 4.42 Å². The molecule has 0 unspecified atom stereocenters. The molecule has 0 spiro atoms. The molecular formula is C16H10O3S. The maximum atomic E-state index is 12.5. The predicted molar refractivity (Wildman–Crippen MR) is 78.2 cm³/mol. The van der Waals surface area contributed by atoms with Crippen molar-refractivity contribution in [3.63, 3.8) is 0 Å². The number of rotatable bonds is 3. The Morgan fingerprint density at radius 1 is 0.900 bits per heavy atom. The zero-order valence-corrected chi connectivity index (χ0v) is 11.2. The van der Waals surface area contributed by atoms with Crippen molar-refractivity contribution in [3.8, 4) is 11.3 Å². The SMILES string of the molecule is O=C(c1ccccc1)c1sc(=O)oc1-c1ccccc1. The molecule has 0 saturated carbocycles. The molecule has 20 heavy (non-hydrogen) atoms. The smallest absolute Gasteiger partial charge is 0.396 e. The van der Waals surface area contributed by atoms with Crippen LogP contribution in [0.4, 0.5) is 0 Å². The first-order valence-corrected chi connectivity index (χ1v) is 6.86. The van der Waals surface area contributed by atoms with Crippen molar-refractivity contribution in [3.05, 3.63) is 80.8 Å². The molecule has 0 amide bonds. The standard InChI is InChI=1S/C16H10O3S/c17-13(11-7-3-1-4-8-11)15-14(19-16(18)20-15)12-9-5-2-6-10-12/h1-10H. The number of hydrogen-bond acceptors (Lipinski definition) is 4. The minimum absolute atomic E-state index is 0.194. The van der Waals surface area contributed by atoms with Gasteiger partial charge in [0.25, 0.3) is 0 Å². The third kappa shape index (κ3) is 2.33. The lowest BCUT2D eigenvalue weighted by Gasteiger charge is -2.01. The van der Waals surface area contributed by atoms with Gasteiger partial charge in [0.05, 0.1) is 0 Å². The van der Waals surface area contributed by atoms with E-state index < -0.39 is 4.94 Å². The second-order valence-corrected chi connectivity index (χ2v) is 5.12. The van der Waals surface area contributed by atoms with E-state index in [0.29, 0.717) is 16.2 Å². The van der Waals surface area contributed by atoms with Crippen LogP contribution >= 0.6 is 11.3 Å². The predicted octanol–water partition coefficient (Wildman–Crippen LogP) is 3.60. The Balaban J connectivity index is 2.12. The van der Waals surface area contributed by atoms with Gasteiger partial charge >= 0.3 is 4.94 Å². The summed E-state index contributed by atoms with van der Waals surface area (Å²) in [5, 5.41) is 0. The van der Waals surface area contributed by atoms with E-state index in [1.54, 1.807) is 24.3 Å². The summed E-state index contributed by atoms with van der Waals surface area (Å²) in [6.45, 7) is 0. The summed E-state index contributed by atoms with van der Waals surface area (Å²) < 4.78 is 5.19. The van der Waals surface area contributed by atoms with Crippen LogP contribution in [0.2, 0.25) is 0 Å². The highest BCUT2D eigenvalue weighted by Gasteiger charge is 2.20. The number of hydrogen-bond donors (Lipinski definition) is 0. The molecule has 3 aromatic rings. The largest absolute Gasteiger partial charge is 0.413 e. The second-order valence-electron chi connectivity index (χ2n) is 4.17. The van der Waals surface area contributed by atoms with Gasteiger partial charge in [-0.25, -0.2) is 4.79 Å². The third-order valence-electron chi connectivity index (χ3n) is 2.86. The van der Waals surface area contributed by atoms with Gasteiger partial charge in [0.1, 0.15) is 4.88 Å². The van der Waals surface area contributed by atoms with Crippen LogP contribution in [0.5, 0.6) is 0 Å². The molecule has 2 aromatic carbocycles. The van der Waals surface area contributed by atoms with Gasteiger partial charge in [-0.1, -0.05) is 60.7 Å². The summed E-state index contributed by atoms with van der Waals surface area (Å²) in [6.07, 6.45) is 0. The molecule has 0 N–H and O–H groups in total. The van der Waals surface area contributed by atoms with Crippen molar-refractivity contribution in [1.82, 2.24) is 0 Å². The summed E-state index contributed by atoms with van der Waals surface area (Å²) in [4.78, 5) is 23.9. The van der Waals surface area contributed by atoms with Crippen LogP contribution in [-0.4, -0.2) is 5.78 Å². The second kappa shape index (κ2) is 5.27. The van der Waals surface area contributed by atoms with Crippen molar-refractivity contribution in [1.29, 1.82) is 0 Å². The number of benzene rings is 2. The normalized spacial score (nSPS) is 10.4. The summed E-state index contributed by atoms with van der Waals surface area (Å²) in [5.41, 5.74) is 1.27. The van der Waals surface area contributed by atoms with Crippen molar-refractivity contribution in [2.75, 3.05) is 0 Å². The fraction of sp³-hybridized carbons (Fsp3) is 0. The lowest BCUT2D eigenvalue weighted by molar-refractivity contribution is 0.104. The molecule has 1 aromatic heterocycles. The van der Waals surface area contributed by atoms with E-state index in [1.807, 2.05) is 36.4 Å². The zero-order valence-electron chi connectivity index (χ0n) is 10.4. The van der Waals surface area contributed by atoms with Gasteiger partial charge in [-0.15, -0.1) is 0 Å². The number of carbonyl (C=O) groups excluding carboxylic acids is 1. The first kappa shape index (κ1) is 12.6. The molecule has 0 saturated heterocycles. The molecule has 3 rings (SSSR count). The average Bonchev–Trinajstić information content (AvgIpc) is 2.90. The average molecular weight is 282 g/mol. The Morgan fingerprint density at radius 3 is 2.15 bits per heavy atom. The van der Waals surface area contributed by atoms with E-state index in [4.69, 9.17) is 4.42 Å². The van der Waals surface area contributed by atoms with E-state index in [0.717, 1.165) is 16.9 Å². The summed E-state index contributed by atoms with van der Waals surface area (Å²) in [5.74, 6) is 0.148. The van der Waals surface area contributed by atoms with Crippen LogP contribution in [0.15, 0.2) is 69.9 Å². The van der Waals surface area contributed by atoms with Crippen LogP contribution in [-0.2, 0) is 0 Å². The van der Waals surface area contributed by atoms with Crippen LogP contribution in [0, 0.1) is 0 Å². The highest BCUT2D eigenvalue weighted by molar-refractivity contribution is 7.11. The minimum Gasteiger partial charge on any atom is -0.413 e. The Bertz CT molecular complexity index is 785. The number of carbonyl (C=O) groups is 1. The first-order valence-electron chi connectivity index (χ1n) is 6.05. The molecule has 0 aliphatic carbocycles. The van der Waals surface area contributed by atoms with Gasteiger partial charge in [-0.2, -0.15) is 0 Å². The lowest BCUT2D eigenvalue weighted by atomic mass is 10.1. The quantitative estimate of drug-likeness (QED) is 0.690. The lowest BCUT2D eigenvalue weighted by Crippen LogP contribution is -1.99. The van der Waals surface area contributed by atoms with Crippen LogP contribution < -0.4 is 4.94 Å². The molecule has 0 radical (unpaired) electrons. The molecule has 3 nitrogen and oxygen atoms in total. The van der Waals surface area contributed by atoms with E-state index >= 15 is 0 Å². The highest BCUT2D eigenvalue weighted by atomic mass is 32.1. The Labute approximate surface area is 119 Å². The van der Waals surface area contributed by atoms with E-state index in [2.05, 4.69) is 0 Å². The fourth-order valence-corrected chi connectivity index (χ4v) is 2.68. The summed E-state index contributed by atoms with van der Waals surface area (Å²) in [7, 11) is 0. The monoisotopic (exact) mass is 282 g/mol. The van der Waals surface area contributed by atoms with Crippen molar-refractivity contribution >= 4 is 17.1 Å². The van der Waals surface area contributed by atoms with Crippen LogP contribution in [0.25, 0.3) is 11.3 Å². The molecule has 0 bridgehead atoms. The van der Waals surface area contributed by atoms with Crippen LogP contribution in [0.1, 0.15) is 15.2 Å². The summed E-state index contributed by atoms with van der Waals surface area (Å²) >= 11 is 0.840. The van der Waals surface area contributed by atoms with Crippen molar-refractivity contribution < 1.29 is 9.21 Å². The molecular weight excluding hydrogens is 272 g/mol.